The van der Waals surface area contributed by atoms with E-state index in [0.29, 0.717) is 5.69 Å². The van der Waals surface area contributed by atoms with Crippen LogP contribution in [-0.4, -0.2) is 20.7 Å². The zero-order chi connectivity index (χ0) is 19.7. The fourth-order valence-electron chi connectivity index (χ4n) is 2.25. The summed E-state index contributed by atoms with van der Waals surface area (Å²) in [5.41, 5.74) is 0.790. The van der Waals surface area contributed by atoms with Crippen LogP contribution in [-0.2, 0) is 14.8 Å². The third-order valence-electron chi connectivity index (χ3n) is 3.72. The number of carbonyl (C=O) groups is 1. The molecule has 1 amide bonds. The van der Waals surface area contributed by atoms with Crippen molar-refractivity contribution in [2.24, 2.45) is 5.92 Å². The third-order valence-corrected chi connectivity index (χ3v) is 5.12. The molecule has 0 atom stereocenters. The van der Waals surface area contributed by atoms with E-state index in [9.17, 15) is 26.4 Å². The molecule has 0 radical (unpaired) electrons. The van der Waals surface area contributed by atoms with E-state index in [1.807, 2.05) is 0 Å². The molecular formula is C17H15F3N2O4S. The van der Waals surface area contributed by atoms with E-state index in [4.69, 9.17) is 0 Å². The van der Waals surface area contributed by atoms with Crippen LogP contribution in [0.15, 0.2) is 53.4 Å². The number of anilines is 2. The van der Waals surface area contributed by atoms with Crippen LogP contribution in [0.25, 0.3) is 0 Å². The average molecular weight is 400 g/mol. The lowest BCUT2D eigenvalue weighted by Crippen LogP contribution is -2.17. The van der Waals surface area contributed by atoms with Crippen molar-refractivity contribution in [2.45, 2.75) is 24.1 Å². The second-order valence-corrected chi connectivity index (χ2v) is 7.65. The number of hydrogen-bond donors (Lipinski definition) is 2. The highest BCUT2D eigenvalue weighted by molar-refractivity contribution is 7.92. The molecule has 1 fully saturated rings. The topological polar surface area (TPSA) is 84.5 Å². The molecule has 0 spiro atoms. The van der Waals surface area contributed by atoms with Gasteiger partial charge in [-0.2, -0.15) is 0 Å². The van der Waals surface area contributed by atoms with E-state index < -0.39 is 22.1 Å². The number of amides is 1. The number of alkyl halides is 3. The van der Waals surface area contributed by atoms with E-state index in [2.05, 4.69) is 14.8 Å². The maximum atomic E-state index is 12.3. The Morgan fingerprint density at radius 2 is 1.52 bits per heavy atom. The quantitative estimate of drug-likeness (QED) is 0.774. The van der Waals surface area contributed by atoms with Crippen molar-refractivity contribution in [1.82, 2.24) is 0 Å². The van der Waals surface area contributed by atoms with Gasteiger partial charge < -0.3 is 10.1 Å². The number of benzene rings is 2. The Hall–Kier alpha value is -2.75. The van der Waals surface area contributed by atoms with Gasteiger partial charge in [-0.25, -0.2) is 8.42 Å². The molecule has 1 aliphatic carbocycles. The molecule has 0 saturated heterocycles. The number of carbonyl (C=O) groups excluding carboxylic acids is 1. The predicted octanol–water partition coefficient (Wildman–Crippen LogP) is 3.73. The number of nitrogens with one attached hydrogen (secondary N) is 2. The first-order valence-electron chi connectivity index (χ1n) is 7.92. The first kappa shape index (κ1) is 19.0. The van der Waals surface area contributed by atoms with Gasteiger partial charge >= 0.3 is 6.36 Å². The fourth-order valence-corrected chi connectivity index (χ4v) is 3.30. The largest absolute Gasteiger partial charge is 0.573 e. The molecule has 0 aliphatic heterocycles. The van der Waals surface area contributed by atoms with E-state index >= 15 is 0 Å². The minimum Gasteiger partial charge on any atom is -0.406 e. The normalized spacial score (nSPS) is 14.5. The number of halogens is 3. The molecule has 0 aromatic heterocycles. The Kier molecular flexibility index (Phi) is 5.01. The van der Waals surface area contributed by atoms with Gasteiger partial charge in [0.05, 0.1) is 4.90 Å². The Morgan fingerprint density at radius 3 is 2.04 bits per heavy atom. The summed E-state index contributed by atoms with van der Waals surface area (Å²) in [7, 11) is -3.99. The highest BCUT2D eigenvalue weighted by Crippen LogP contribution is 2.30. The SMILES string of the molecule is O=C(Nc1ccc(NS(=O)(=O)c2ccc(OC(F)(F)F)cc2)cc1)C1CC1. The van der Waals surface area contributed by atoms with Gasteiger partial charge in [0, 0.05) is 17.3 Å². The Balaban J connectivity index is 1.65. The number of hydrogen-bond acceptors (Lipinski definition) is 4. The molecule has 0 unspecified atom stereocenters. The van der Waals surface area contributed by atoms with Crippen LogP contribution >= 0.6 is 0 Å². The van der Waals surface area contributed by atoms with Crippen molar-refractivity contribution in [3.05, 3.63) is 48.5 Å². The summed E-state index contributed by atoms with van der Waals surface area (Å²) in [6, 6.07) is 9.90. The van der Waals surface area contributed by atoms with Crippen LogP contribution in [0.3, 0.4) is 0 Å². The molecule has 0 bridgehead atoms. The molecule has 10 heteroatoms. The number of ether oxygens (including phenoxy) is 1. The minimum absolute atomic E-state index is 0.0486. The van der Waals surface area contributed by atoms with Crippen LogP contribution in [0.4, 0.5) is 24.5 Å². The van der Waals surface area contributed by atoms with Gasteiger partial charge in [0.25, 0.3) is 10.0 Å². The van der Waals surface area contributed by atoms with Crippen molar-refractivity contribution in [3.8, 4) is 5.75 Å². The Morgan fingerprint density at radius 1 is 0.963 bits per heavy atom. The monoisotopic (exact) mass is 400 g/mol. The Bertz CT molecular complexity index is 922. The summed E-state index contributed by atoms with van der Waals surface area (Å²) in [5, 5.41) is 2.73. The number of sulfonamides is 1. The molecule has 3 rings (SSSR count). The highest BCUT2D eigenvalue weighted by atomic mass is 32.2. The molecule has 1 aliphatic rings. The second-order valence-electron chi connectivity index (χ2n) is 5.97. The van der Waals surface area contributed by atoms with Crippen molar-refractivity contribution in [3.63, 3.8) is 0 Å². The summed E-state index contributed by atoms with van der Waals surface area (Å²) in [6.45, 7) is 0. The summed E-state index contributed by atoms with van der Waals surface area (Å²) in [5.74, 6) is -0.533. The fraction of sp³-hybridized carbons (Fsp3) is 0.235. The maximum Gasteiger partial charge on any atom is 0.573 e. The smallest absolute Gasteiger partial charge is 0.406 e. The summed E-state index contributed by atoms with van der Waals surface area (Å²) in [6.07, 6.45) is -3.11. The maximum absolute atomic E-state index is 12.3. The van der Waals surface area contributed by atoms with Crippen molar-refractivity contribution >= 4 is 27.3 Å². The van der Waals surface area contributed by atoms with Crippen LogP contribution in [0, 0.1) is 5.92 Å². The lowest BCUT2D eigenvalue weighted by atomic mass is 10.2. The molecule has 2 N–H and O–H groups in total. The second kappa shape index (κ2) is 7.10. The predicted molar refractivity (Wildman–Crippen MR) is 91.7 cm³/mol. The van der Waals surface area contributed by atoms with Crippen molar-refractivity contribution in [1.29, 1.82) is 0 Å². The van der Waals surface area contributed by atoms with Gasteiger partial charge in [-0.1, -0.05) is 0 Å². The van der Waals surface area contributed by atoms with Gasteiger partial charge in [-0.3, -0.25) is 9.52 Å². The van der Waals surface area contributed by atoms with E-state index in [-0.39, 0.29) is 22.4 Å². The van der Waals surface area contributed by atoms with Crippen molar-refractivity contribution in [2.75, 3.05) is 10.0 Å². The molecular weight excluding hydrogens is 385 g/mol. The van der Waals surface area contributed by atoms with Gasteiger partial charge in [0.2, 0.25) is 5.91 Å². The van der Waals surface area contributed by atoms with Crippen LogP contribution in [0.5, 0.6) is 5.75 Å². The zero-order valence-electron chi connectivity index (χ0n) is 13.8. The zero-order valence-corrected chi connectivity index (χ0v) is 14.6. The molecule has 144 valence electrons. The summed E-state index contributed by atoms with van der Waals surface area (Å²) >= 11 is 0. The van der Waals surface area contributed by atoms with E-state index in [0.717, 1.165) is 37.1 Å². The number of rotatable bonds is 6. The van der Waals surface area contributed by atoms with Crippen LogP contribution in [0.1, 0.15) is 12.8 Å². The van der Waals surface area contributed by atoms with E-state index in [1.165, 1.54) is 12.1 Å². The van der Waals surface area contributed by atoms with Gasteiger partial charge in [-0.15, -0.1) is 13.2 Å². The van der Waals surface area contributed by atoms with Gasteiger partial charge in [0.15, 0.2) is 0 Å². The third kappa shape index (κ3) is 5.36. The summed E-state index contributed by atoms with van der Waals surface area (Å²) < 4.78 is 67.1. The van der Waals surface area contributed by atoms with Crippen LogP contribution in [0.2, 0.25) is 0 Å². The molecule has 2 aromatic rings. The van der Waals surface area contributed by atoms with Gasteiger partial charge in [0.1, 0.15) is 5.75 Å². The standard InChI is InChI=1S/C17H15F3N2O4S/c18-17(19,20)26-14-7-9-15(10-8-14)27(24,25)22-13-5-3-12(4-6-13)21-16(23)11-1-2-11/h3-11,22H,1-2H2,(H,21,23). The average Bonchev–Trinajstić information content (AvgIpc) is 3.40. The molecule has 1 saturated carbocycles. The molecule has 2 aromatic carbocycles. The summed E-state index contributed by atoms with van der Waals surface area (Å²) in [4.78, 5) is 11.5. The Labute approximate surface area is 153 Å². The lowest BCUT2D eigenvalue weighted by Gasteiger charge is -2.11. The van der Waals surface area contributed by atoms with E-state index in [1.54, 1.807) is 12.1 Å². The highest BCUT2D eigenvalue weighted by Gasteiger charge is 2.31. The molecule has 6 nitrogen and oxygen atoms in total. The molecule has 0 heterocycles. The minimum atomic E-state index is -4.85. The van der Waals surface area contributed by atoms with Gasteiger partial charge in [-0.05, 0) is 61.4 Å². The first-order chi connectivity index (χ1) is 12.6. The lowest BCUT2D eigenvalue weighted by molar-refractivity contribution is -0.274. The first-order valence-corrected chi connectivity index (χ1v) is 9.40. The molecule has 27 heavy (non-hydrogen) atoms. The van der Waals surface area contributed by atoms with Crippen LogP contribution < -0.4 is 14.8 Å². The van der Waals surface area contributed by atoms with Crippen molar-refractivity contribution < 1.29 is 31.1 Å².